The summed E-state index contributed by atoms with van der Waals surface area (Å²) in [6, 6.07) is 11.4. The molecule has 0 saturated heterocycles. The van der Waals surface area contributed by atoms with Gasteiger partial charge in [-0.1, -0.05) is 35.0 Å². The Kier molecular flexibility index (Phi) is 10.8. The third-order valence-corrected chi connectivity index (χ3v) is 5.35. The van der Waals surface area contributed by atoms with Gasteiger partial charge >= 0.3 is 18.0 Å². The number of amides is 4. The quantitative estimate of drug-likeness (QED) is 0.260. The van der Waals surface area contributed by atoms with Gasteiger partial charge in [0.05, 0.1) is 24.8 Å². The number of nitrogens with zero attached hydrogens (tertiary/aromatic N) is 1. The van der Waals surface area contributed by atoms with Crippen LogP contribution >= 0.6 is 15.9 Å². The summed E-state index contributed by atoms with van der Waals surface area (Å²) in [5.74, 6) is -0.484. The number of urea groups is 2. The van der Waals surface area contributed by atoms with Crippen molar-refractivity contribution < 1.29 is 23.9 Å². The molecule has 0 saturated carbocycles. The Labute approximate surface area is 213 Å². The van der Waals surface area contributed by atoms with Gasteiger partial charge in [-0.15, -0.1) is 5.53 Å². The number of halogens is 1. The van der Waals surface area contributed by atoms with Gasteiger partial charge in [-0.2, -0.15) is 0 Å². The van der Waals surface area contributed by atoms with Gasteiger partial charge in [0.15, 0.2) is 0 Å². The van der Waals surface area contributed by atoms with Gasteiger partial charge < -0.3 is 20.2 Å². The number of carbonyl (C=O) groups excluding carboxylic acids is 3. The number of nitrogens with one attached hydrogen (secondary N) is 4. The number of benzene rings is 2. The van der Waals surface area contributed by atoms with E-state index in [1.54, 1.807) is 13.0 Å². The van der Waals surface area contributed by atoms with Gasteiger partial charge in [0, 0.05) is 17.6 Å². The van der Waals surface area contributed by atoms with E-state index in [-0.39, 0.29) is 19.2 Å². The average molecular weight is 550 g/mol. The molecule has 4 N–H and O–H groups in total. The number of esters is 1. The molecule has 2 rings (SSSR count). The van der Waals surface area contributed by atoms with Gasteiger partial charge in [-0.05, 0) is 62.2 Å². The van der Waals surface area contributed by atoms with Crippen LogP contribution < -0.4 is 26.4 Å². The average Bonchev–Trinajstić information content (AvgIpc) is 2.82. The first-order valence-corrected chi connectivity index (χ1v) is 11.9. The van der Waals surface area contributed by atoms with Crippen LogP contribution in [0.1, 0.15) is 31.9 Å². The van der Waals surface area contributed by atoms with E-state index >= 15 is 0 Å². The molecule has 0 aliphatic carbocycles. The van der Waals surface area contributed by atoms with Crippen LogP contribution in [0.3, 0.4) is 0 Å². The zero-order valence-corrected chi connectivity index (χ0v) is 22.1. The highest BCUT2D eigenvalue weighted by atomic mass is 79.9. The molecule has 1 atom stereocenters. The van der Waals surface area contributed by atoms with E-state index in [1.807, 2.05) is 57.2 Å². The number of hydrogen-bond donors (Lipinski definition) is 4. The molecule has 4 amide bonds. The first-order chi connectivity index (χ1) is 16.6. The largest absolute Gasteiger partial charge is 0.491 e. The van der Waals surface area contributed by atoms with Crippen molar-refractivity contribution >= 4 is 39.6 Å². The Morgan fingerprint density at radius 1 is 1.03 bits per heavy atom. The summed E-state index contributed by atoms with van der Waals surface area (Å²) in [6.07, 6.45) is 0.0539. The Bertz CT molecular complexity index is 1020. The summed E-state index contributed by atoms with van der Waals surface area (Å²) in [4.78, 5) is 38.4. The standard InChI is InChI=1S/C24H32BrN5O5/c1-15(2)35-21-11-10-20(12-16(21)3)27-29-28-24(33)30(14-17(4)22(31)34-5)23(32)26-13-18-6-8-19(25)9-7-18/h6-12,15,17,27,29H,13-14H2,1-5H3,(H,26,32)(H,28,33)/t17-/m0/s1. The summed E-state index contributed by atoms with van der Waals surface area (Å²) in [5, 5.41) is 2.70. The van der Waals surface area contributed by atoms with Crippen molar-refractivity contribution in [3.05, 3.63) is 58.1 Å². The van der Waals surface area contributed by atoms with Crippen LogP contribution in [-0.2, 0) is 16.1 Å². The van der Waals surface area contributed by atoms with Crippen LogP contribution in [0.15, 0.2) is 46.9 Å². The van der Waals surface area contributed by atoms with E-state index in [0.717, 1.165) is 26.2 Å². The number of ether oxygens (including phenoxy) is 2. The monoisotopic (exact) mass is 549 g/mol. The SMILES string of the molecule is COC(=O)[C@@H](C)CN(C(=O)NCc1ccc(Br)cc1)C(=O)NNNc1ccc(OC(C)C)c(C)c1. The second kappa shape index (κ2) is 13.5. The van der Waals surface area contributed by atoms with E-state index in [1.165, 1.54) is 7.11 Å². The topological polar surface area (TPSA) is 121 Å². The minimum Gasteiger partial charge on any atom is -0.491 e. The lowest BCUT2D eigenvalue weighted by Crippen LogP contribution is -2.54. The lowest BCUT2D eigenvalue weighted by atomic mass is 10.2. The summed E-state index contributed by atoms with van der Waals surface area (Å²) >= 11 is 3.36. The van der Waals surface area contributed by atoms with E-state index in [0.29, 0.717) is 5.69 Å². The summed E-state index contributed by atoms with van der Waals surface area (Å²) in [7, 11) is 1.25. The van der Waals surface area contributed by atoms with Crippen molar-refractivity contribution in [3.63, 3.8) is 0 Å². The number of rotatable bonds is 10. The van der Waals surface area contributed by atoms with Crippen molar-refractivity contribution in [2.45, 2.75) is 40.3 Å². The molecule has 2 aromatic carbocycles. The molecule has 11 heteroatoms. The minimum absolute atomic E-state index is 0.0539. The van der Waals surface area contributed by atoms with E-state index in [9.17, 15) is 14.4 Å². The van der Waals surface area contributed by atoms with Gasteiger partial charge in [0.1, 0.15) is 5.75 Å². The van der Waals surface area contributed by atoms with Crippen molar-refractivity contribution in [1.82, 2.24) is 21.2 Å². The number of hydrogen-bond acceptors (Lipinski definition) is 7. The molecule has 0 radical (unpaired) electrons. The fourth-order valence-electron chi connectivity index (χ4n) is 3.02. The fraction of sp³-hybridized carbons (Fsp3) is 0.375. The van der Waals surface area contributed by atoms with Crippen LogP contribution in [0.2, 0.25) is 0 Å². The summed E-state index contributed by atoms with van der Waals surface area (Å²) in [6.45, 7) is 7.41. The maximum atomic E-state index is 12.8. The Morgan fingerprint density at radius 2 is 1.71 bits per heavy atom. The molecular weight excluding hydrogens is 518 g/mol. The van der Waals surface area contributed by atoms with Gasteiger partial charge in [-0.3, -0.25) is 10.2 Å². The zero-order valence-electron chi connectivity index (χ0n) is 20.5. The molecule has 0 aromatic heterocycles. The third-order valence-electron chi connectivity index (χ3n) is 4.82. The third kappa shape index (κ3) is 9.10. The van der Waals surface area contributed by atoms with Gasteiger partial charge in [0.25, 0.3) is 0 Å². The number of hydrazine groups is 2. The second-order valence-corrected chi connectivity index (χ2v) is 9.06. The molecule has 10 nitrogen and oxygen atoms in total. The molecule has 35 heavy (non-hydrogen) atoms. The van der Waals surface area contributed by atoms with Crippen LogP contribution in [0.4, 0.5) is 15.3 Å². The molecule has 0 spiro atoms. The highest BCUT2D eigenvalue weighted by Crippen LogP contribution is 2.22. The lowest BCUT2D eigenvalue weighted by molar-refractivity contribution is -0.144. The molecule has 190 valence electrons. The summed E-state index contributed by atoms with van der Waals surface area (Å²) < 4.78 is 11.4. The lowest BCUT2D eigenvalue weighted by Gasteiger charge is -2.24. The molecule has 0 aliphatic heterocycles. The fourth-order valence-corrected chi connectivity index (χ4v) is 3.29. The zero-order chi connectivity index (χ0) is 26.0. The molecular formula is C24H32BrN5O5. The van der Waals surface area contributed by atoms with Crippen molar-refractivity contribution in [3.8, 4) is 5.75 Å². The normalized spacial score (nSPS) is 11.4. The van der Waals surface area contributed by atoms with Crippen LogP contribution in [0, 0.1) is 12.8 Å². The maximum absolute atomic E-state index is 12.8. The van der Waals surface area contributed by atoms with Gasteiger partial charge in [-0.25, -0.2) is 14.5 Å². The minimum atomic E-state index is -0.752. The molecule has 0 heterocycles. The molecule has 0 bridgehead atoms. The predicted octanol–water partition coefficient (Wildman–Crippen LogP) is 4.11. The molecule has 0 fully saturated rings. The number of aryl methyl sites for hydroxylation is 1. The van der Waals surface area contributed by atoms with Crippen molar-refractivity contribution in [2.75, 3.05) is 19.1 Å². The van der Waals surface area contributed by atoms with E-state index in [4.69, 9.17) is 9.47 Å². The predicted molar refractivity (Wildman–Crippen MR) is 136 cm³/mol. The van der Waals surface area contributed by atoms with E-state index in [2.05, 4.69) is 37.6 Å². The Balaban J connectivity index is 2.00. The van der Waals surface area contributed by atoms with Crippen molar-refractivity contribution in [1.29, 1.82) is 0 Å². The van der Waals surface area contributed by atoms with Crippen LogP contribution in [0.5, 0.6) is 5.75 Å². The van der Waals surface area contributed by atoms with Crippen LogP contribution in [0.25, 0.3) is 0 Å². The second-order valence-electron chi connectivity index (χ2n) is 8.15. The maximum Gasteiger partial charge on any atom is 0.341 e. The van der Waals surface area contributed by atoms with Gasteiger partial charge in [0.2, 0.25) is 0 Å². The van der Waals surface area contributed by atoms with E-state index < -0.39 is 23.9 Å². The van der Waals surface area contributed by atoms with Crippen LogP contribution in [-0.4, -0.2) is 42.7 Å². The van der Waals surface area contributed by atoms with Crippen molar-refractivity contribution in [2.24, 2.45) is 5.92 Å². The molecule has 2 aromatic rings. The number of imide groups is 1. The first-order valence-electron chi connectivity index (χ1n) is 11.1. The Hall–Kier alpha value is -3.31. The highest BCUT2D eigenvalue weighted by molar-refractivity contribution is 9.10. The molecule has 0 aliphatic rings. The number of methoxy groups -OCH3 is 1. The summed E-state index contributed by atoms with van der Waals surface area (Å²) in [5.41, 5.74) is 10.3. The molecule has 0 unspecified atom stereocenters. The smallest absolute Gasteiger partial charge is 0.341 e. The highest BCUT2D eigenvalue weighted by Gasteiger charge is 2.26. The Morgan fingerprint density at radius 3 is 2.31 bits per heavy atom. The number of carbonyl (C=O) groups is 3. The first kappa shape index (κ1) is 27.9. The number of anilines is 1.